The van der Waals surface area contributed by atoms with Crippen molar-refractivity contribution in [2.75, 3.05) is 13.7 Å². The van der Waals surface area contributed by atoms with E-state index in [-0.39, 0.29) is 0 Å². The number of rotatable bonds is 7. The maximum atomic E-state index is 6.32. The number of halogens is 1. The smallest absolute Gasteiger partial charge is 0.130 e. The van der Waals surface area contributed by atoms with E-state index >= 15 is 0 Å². The van der Waals surface area contributed by atoms with Gasteiger partial charge in [-0.3, -0.25) is 4.68 Å². The molecular formula is C15H26ClN3O. The molecule has 1 N–H and O–H groups in total. The van der Waals surface area contributed by atoms with Crippen molar-refractivity contribution in [2.45, 2.75) is 51.7 Å². The normalized spacial score (nSPS) is 23.6. The summed E-state index contributed by atoms with van der Waals surface area (Å²) in [4.78, 5) is 0. The van der Waals surface area contributed by atoms with Crippen molar-refractivity contribution < 1.29 is 4.74 Å². The first kappa shape index (κ1) is 15.8. The fraction of sp³-hybridized carbons (Fsp3) is 0.800. The van der Waals surface area contributed by atoms with Gasteiger partial charge in [-0.15, -0.1) is 0 Å². The maximum Gasteiger partial charge on any atom is 0.130 e. The minimum atomic E-state index is 0.461. The molecule has 0 amide bonds. The number of likely N-dealkylation sites (N-methyl/N-ethyl adjacent to an activating group) is 1. The molecule has 1 aliphatic carbocycles. The Morgan fingerprint density at radius 1 is 1.50 bits per heavy atom. The first-order valence-electron chi connectivity index (χ1n) is 7.51. The van der Waals surface area contributed by atoms with Gasteiger partial charge in [0.15, 0.2) is 0 Å². The average Bonchev–Trinajstić information content (AvgIpc) is 2.61. The zero-order valence-electron chi connectivity index (χ0n) is 12.9. The monoisotopic (exact) mass is 299 g/mol. The van der Waals surface area contributed by atoms with Crippen molar-refractivity contribution in [3.05, 3.63) is 16.4 Å². The number of nitrogens with zero attached hydrogens (tertiary/aromatic N) is 2. The molecule has 1 saturated carbocycles. The average molecular weight is 300 g/mol. The molecule has 1 heterocycles. The van der Waals surface area contributed by atoms with E-state index in [0.29, 0.717) is 12.1 Å². The Hall–Kier alpha value is -0.580. The molecule has 1 fully saturated rings. The van der Waals surface area contributed by atoms with Crippen LogP contribution in [0.15, 0.2) is 0 Å². The second kappa shape index (κ2) is 6.92. The van der Waals surface area contributed by atoms with Crippen molar-refractivity contribution in [3.8, 4) is 0 Å². The zero-order valence-corrected chi connectivity index (χ0v) is 13.7. The molecule has 4 nitrogen and oxygen atoms in total. The fourth-order valence-corrected chi connectivity index (χ4v) is 3.35. The molecular weight excluding hydrogens is 274 g/mol. The molecule has 1 atom stereocenters. The predicted molar refractivity (Wildman–Crippen MR) is 82.3 cm³/mol. The van der Waals surface area contributed by atoms with E-state index in [1.807, 2.05) is 21.0 Å². The summed E-state index contributed by atoms with van der Waals surface area (Å²) in [6.07, 6.45) is 5.03. The number of ether oxygens (including phenoxy) is 1. The van der Waals surface area contributed by atoms with Crippen LogP contribution in [-0.2, 0) is 18.2 Å². The van der Waals surface area contributed by atoms with Gasteiger partial charge in [0.25, 0.3) is 0 Å². The van der Waals surface area contributed by atoms with Crippen LogP contribution in [0, 0.1) is 12.8 Å². The highest BCUT2D eigenvalue weighted by atomic mass is 35.5. The predicted octanol–water partition coefficient (Wildman–Crippen LogP) is 2.72. The van der Waals surface area contributed by atoms with Crippen molar-refractivity contribution in [1.29, 1.82) is 0 Å². The minimum absolute atomic E-state index is 0.461. The maximum absolute atomic E-state index is 6.32. The molecule has 5 heteroatoms. The topological polar surface area (TPSA) is 39.1 Å². The second-order valence-electron chi connectivity index (χ2n) is 5.82. The van der Waals surface area contributed by atoms with Crippen molar-refractivity contribution in [2.24, 2.45) is 13.0 Å². The largest absolute Gasteiger partial charge is 0.378 e. The van der Waals surface area contributed by atoms with Gasteiger partial charge in [0.05, 0.1) is 11.8 Å². The molecule has 2 rings (SSSR count). The quantitative estimate of drug-likeness (QED) is 0.841. The van der Waals surface area contributed by atoms with Crippen molar-refractivity contribution in [1.82, 2.24) is 15.1 Å². The molecule has 0 bridgehead atoms. The van der Waals surface area contributed by atoms with Gasteiger partial charge in [-0.05, 0) is 52.5 Å². The summed E-state index contributed by atoms with van der Waals surface area (Å²) < 4.78 is 7.39. The van der Waals surface area contributed by atoms with Gasteiger partial charge in [-0.25, -0.2) is 0 Å². The SMILES string of the molecule is CCOC1CC(CC(Cc2c(C)nn(C)c2Cl)NC)C1. The van der Waals surface area contributed by atoms with Crippen LogP contribution >= 0.6 is 11.6 Å². The van der Waals surface area contributed by atoms with Gasteiger partial charge in [-0.2, -0.15) is 5.10 Å². The van der Waals surface area contributed by atoms with Gasteiger partial charge in [0.1, 0.15) is 5.15 Å². The summed E-state index contributed by atoms with van der Waals surface area (Å²) in [7, 11) is 3.93. The summed E-state index contributed by atoms with van der Waals surface area (Å²) in [6.45, 7) is 4.93. The van der Waals surface area contributed by atoms with Crippen LogP contribution in [-0.4, -0.2) is 35.6 Å². The number of aromatic nitrogens is 2. The molecule has 0 aliphatic heterocycles. The van der Waals surface area contributed by atoms with E-state index in [9.17, 15) is 0 Å². The third-order valence-electron chi connectivity index (χ3n) is 4.34. The Bertz CT molecular complexity index is 441. The lowest BCUT2D eigenvalue weighted by molar-refractivity contribution is -0.0288. The summed E-state index contributed by atoms with van der Waals surface area (Å²) in [5, 5.41) is 8.58. The van der Waals surface area contributed by atoms with Crippen LogP contribution in [0.4, 0.5) is 0 Å². The summed E-state index contributed by atoms with van der Waals surface area (Å²) >= 11 is 6.32. The van der Waals surface area contributed by atoms with E-state index in [1.165, 1.54) is 24.8 Å². The molecule has 0 spiro atoms. The summed E-state index contributed by atoms with van der Waals surface area (Å²) in [5.74, 6) is 0.778. The first-order valence-corrected chi connectivity index (χ1v) is 7.89. The third-order valence-corrected chi connectivity index (χ3v) is 4.81. The third kappa shape index (κ3) is 3.54. The highest BCUT2D eigenvalue weighted by Gasteiger charge is 2.31. The lowest BCUT2D eigenvalue weighted by Gasteiger charge is -2.37. The second-order valence-corrected chi connectivity index (χ2v) is 6.18. The molecule has 1 aliphatic rings. The lowest BCUT2D eigenvalue weighted by Crippen LogP contribution is -2.38. The van der Waals surface area contributed by atoms with Crippen LogP contribution in [0.3, 0.4) is 0 Å². The molecule has 114 valence electrons. The molecule has 0 saturated heterocycles. The van der Waals surface area contributed by atoms with Gasteiger partial charge in [0, 0.05) is 25.3 Å². The Kier molecular flexibility index (Phi) is 5.47. The standard InChI is InChI=1S/C15H26ClN3O/c1-5-20-13-7-11(8-13)6-12(17-3)9-14-10(2)18-19(4)15(14)16/h11-13,17H,5-9H2,1-4H3. The molecule has 0 radical (unpaired) electrons. The van der Waals surface area contributed by atoms with Crippen LogP contribution < -0.4 is 5.32 Å². The molecule has 1 aromatic heterocycles. The Labute approximate surface area is 126 Å². The number of nitrogens with one attached hydrogen (secondary N) is 1. The fourth-order valence-electron chi connectivity index (χ4n) is 3.10. The Morgan fingerprint density at radius 2 is 2.20 bits per heavy atom. The van der Waals surface area contributed by atoms with Crippen LogP contribution in [0.1, 0.15) is 37.4 Å². The van der Waals surface area contributed by atoms with E-state index in [2.05, 4.69) is 17.3 Å². The van der Waals surface area contributed by atoms with E-state index in [4.69, 9.17) is 16.3 Å². The zero-order chi connectivity index (χ0) is 14.7. The van der Waals surface area contributed by atoms with Gasteiger partial charge >= 0.3 is 0 Å². The van der Waals surface area contributed by atoms with Gasteiger partial charge in [-0.1, -0.05) is 11.6 Å². The van der Waals surface area contributed by atoms with E-state index in [0.717, 1.165) is 29.8 Å². The highest BCUT2D eigenvalue weighted by Crippen LogP contribution is 2.34. The Morgan fingerprint density at radius 3 is 2.70 bits per heavy atom. The molecule has 1 aromatic rings. The Balaban J connectivity index is 1.87. The minimum Gasteiger partial charge on any atom is -0.378 e. The lowest BCUT2D eigenvalue weighted by atomic mass is 9.77. The van der Waals surface area contributed by atoms with Crippen molar-refractivity contribution in [3.63, 3.8) is 0 Å². The van der Waals surface area contributed by atoms with E-state index < -0.39 is 0 Å². The molecule has 0 aromatic carbocycles. The summed E-state index contributed by atoms with van der Waals surface area (Å²) in [6, 6.07) is 0.461. The first-order chi connectivity index (χ1) is 9.55. The van der Waals surface area contributed by atoms with Crippen molar-refractivity contribution >= 4 is 11.6 Å². The molecule has 20 heavy (non-hydrogen) atoms. The van der Waals surface area contributed by atoms with Crippen LogP contribution in [0.25, 0.3) is 0 Å². The number of aryl methyl sites for hydroxylation is 2. The van der Waals surface area contributed by atoms with Crippen LogP contribution in [0.2, 0.25) is 5.15 Å². The number of hydrogen-bond acceptors (Lipinski definition) is 3. The summed E-state index contributed by atoms with van der Waals surface area (Å²) in [5.41, 5.74) is 2.22. The van der Waals surface area contributed by atoms with E-state index in [1.54, 1.807) is 4.68 Å². The van der Waals surface area contributed by atoms with Crippen LogP contribution in [0.5, 0.6) is 0 Å². The highest BCUT2D eigenvalue weighted by molar-refractivity contribution is 6.30. The van der Waals surface area contributed by atoms with Gasteiger partial charge < -0.3 is 10.1 Å². The molecule has 1 unspecified atom stereocenters. The van der Waals surface area contributed by atoms with Gasteiger partial charge in [0.2, 0.25) is 0 Å². The number of hydrogen-bond donors (Lipinski definition) is 1.